The molecule has 1 saturated heterocycles. The van der Waals surface area contributed by atoms with Gasteiger partial charge >= 0.3 is 0 Å². The number of nitrogens with one attached hydrogen (secondary N) is 1. The van der Waals surface area contributed by atoms with Crippen molar-refractivity contribution in [1.82, 2.24) is 24.8 Å². The van der Waals surface area contributed by atoms with E-state index in [0.717, 1.165) is 30.3 Å². The molecule has 1 N–H and O–H groups in total. The van der Waals surface area contributed by atoms with Gasteiger partial charge in [0.2, 0.25) is 4.96 Å². The first kappa shape index (κ1) is 16.4. The van der Waals surface area contributed by atoms with Crippen LogP contribution in [0.15, 0.2) is 10.9 Å². The van der Waals surface area contributed by atoms with Gasteiger partial charge in [-0.1, -0.05) is 11.3 Å². The molecule has 2 aromatic rings. The maximum atomic E-state index is 11.8. The number of piperidine rings is 1. The lowest BCUT2D eigenvalue weighted by molar-refractivity contribution is 0.187. The highest BCUT2D eigenvalue weighted by Gasteiger charge is 2.20. The maximum Gasteiger partial charge on any atom is 0.275 e. The summed E-state index contributed by atoms with van der Waals surface area (Å²) in [6.45, 7) is 4.76. The fourth-order valence-electron chi connectivity index (χ4n) is 2.65. The van der Waals surface area contributed by atoms with E-state index >= 15 is 0 Å². The van der Waals surface area contributed by atoms with Gasteiger partial charge in [-0.2, -0.15) is 9.61 Å². The number of rotatable bonds is 3. The minimum absolute atomic E-state index is 0. The normalized spacial score (nSPS) is 19.6. The molecule has 3 heterocycles. The molecule has 0 amide bonds. The van der Waals surface area contributed by atoms with Gasteiger partial charge in [-0.15, -0.1) is 12.4 Å². The standard InChI is InChI=1S/C13H19N5OS.ClH/c1-9-6-12(19)18-13(15-9)20-11(16-18)8-17-5-3-4-10(7-17)14-2;/h6,10,14H,3-5,7-8H2,1-2H3;1H. The molecule has 0 aromatic carbocycles. The molecule has 1 aliphatic heterocycles. The van der Waals surface area contributed by atoms with Crippen molar-refractivity contribution in [2.24, 2.45) is 0 Å². The number of hydrogen-bond acceptors (Lipinski definition) is 6. The van der Waals surface area contributed by atoms with Gasteiger partial charge in [0.25, 0.3) is 5.56 Å². The van der Waals surface area contributed by atoms with E-state index < -0.39 is 0 Å². The third kappa shape index (κ3) is 3.60. The molecule has 0 aliphatic carbocycles. The summed E-state index contributed by atoms with van der Waals surface area (Å²) in [5.74, 6) is 0. The van der Waals surface area contributed by atoms with E-state index in [1.54, 1.807) is 0 Å². The van der Waals surface area contributed by atoms with Crippen LogP contribution in [0.2, 0.25) is 0 Å². The minimum atomic E-state index is -0.0956. The number of likely N-dealkylation sites (N-methyl/N-ethyl adjacent to an activating group) is 1. The fourth-order valence-corrected chi connectivity index (χ4v) is 3.64. The van der Waals surface area contributed by atoms with Crippen molar-refractivity contribution in [2.75, 3.05) is 20.1 Å². The Hall–Kier alpha value is -1.02. The minimum Gasteiger partial charge on any atom is -0.316 e. The van der Waals surface area contributed by atoms with Crippen LogP contribution in [0.5, 0.6) is 0 Å². The van der Waals surface area contributed by atoms with Gasteiger partial charge in [0.15, 0.2) is 0 Å². The summed E-state index contributed by atoms with van der Waals surface area (Å²) in [5.41, 5.74) is 0.653. The van der Waals surface area contributed by atoms with E-state index in [4.69, 9.17) is 0 Å². The van der Waals surface area contributed by atoms with Crippen LogP contribution < -0.4 is 10.9 Å². The summed E-state index contributed by atoms with van der Waals surface area (Å²) in [4.78, 5) is 19.3. The molecule has 6 nitrogen and oxygen atoms in total. The highest BCUT2D eigenvalue weighted by Crippen LogP contribution is 2.17. The average Bonchev–Trinajstić information content (AvgIpc) is 2.81. The number of likely N-dealkylation sites (tertiary alicyclic amines) is 1. The summed E-state index contributed by atoms with van der Waals surface area (Å²) in [6, 6.07) is 2.08. The maximum absolute atomic E-state index is 11.8. The number of aryl methyl sites for hydroxylation is 1. The number of halogens is 1. The van der Waals surface area contributed by atoms with Crippen LogP contribution in [0.1, 0.15) is 23.5 Å². The molecule has 2 aromatic heterocycles. The van der Waals surface area contributed by atoms with Gasteiger partial charge in [0, 0.05) is 24.3 Å². The van der Waals surface area contributed by atoms with Crippen molar-refractivity contribution in [3.8, 4) is 0 Å². The predicted octanol–water partition coefficient (Wildman–Crippen LogP) is 1.07. The zero-order chi connectivity index (χ0) is 14.1. The van der Waals surface area contributed by atoms with E-state index in [-0.39, 0.29) is 18.0 Å². The van der Waals surface area contributed by atoms with Crippen LogP contribution >= 0.6 is 23.7 Å². The molecular weight excluding hydrogens is 310 g/mol. The summed E-state index contributed by atoms with van der Waals surface area (Å²) in [5, 5.41) is 8.69. The third-order valence-corrected chi connectivity index (χ3v) is 4.58. The fraction of sp³-hybridized carbons (Fsp3) is 0.615. The monoisotopic (exact) mass is 329 g/mol. The van der Waals surface area contributed by atoms with Crippen molar-refractivity contribution in [3.63, 3.8) is 0 Å². The predicted molar refractivity (Wildman–Crippen MR) is 86.5 cm³/mol. The lowest BCUT2D eigenvalue weighted by Crippen LogP contribution is -2.43. The topological polar surface area (TPSA) is 62.5 Å². The quantitative estimate of drug-likeness (QED) is 0.912. The molecule has 0 radical (unpaired) electrons. The Morgan fingerprint density at radius 3 is 3.10 bits per heavy atom. The van der Waals surface area contributed by atoms with Crippen LogP contribution in [-0.2, 0) is 6.54 Å². The molecule has 3 rings (SSSR count). The van der Waals surface area contributed by atoms with E-state index in [0.29, 0.717) is 11.0 Å². The largest absolute Gasteiger partial charge is 0.316 e. The lowest BCUT2D eigenvalue weighted by Gasteiger charge is -2.31. The van der Waals surface area contributed by atoms with E-state index in [9.17, 15) is 4.79 Å². The molecule has 1 atom stereocenters. The first-order valence-electron chi connectivity index (χ1n) is 6.92. The van der Waals surface area contributed by atoms with Crippen molar-refractivity contribution in [2.45, 2.75) is 32.4 Å². The summed E-state index contributed by atoms with van der Waals surface area (Å²) < 4.78 is 1.41. The van der Waals surface area contributed by atoms with E-state index in [1.165, 1.54) is 34.8 Å². The second-order valence-electron chi connectivity index (χ2n) is 5.29. The third-order valence-electron chi connectivity index (χ3n) is 3.69. The average molecular weight is 330 g/mol. The Labute approximate surface area is 133 Å². The van der Waals surface area contributed by atoms with Gasteiger partial charge in [0.1, 0.15) is 5.01 Å². The van der Waals surface area contributed by atoms with Gasteiger partial charge in [-0.25, -0.2) is 4.98 Å². The second kappa shape index (κ2) is 6.83. The van der Waals surface area contributed by atoms with Crippen LogP contribution in [0.3, 0.4) is 0 Å². The molecule has 1 aliphatic rings. The smallest absolute Gasteiger partial charge is 0.275 e. The first-order valence-corrected chi connectivity index (χ1v) is 7.73. The van der Waals surface area contributed by atoms with Gasteiger partial charge < -0.3 is 5.32 Å². The van der Waals surface area contributed by atoms with Gasteiger partial charge in [0.05, 0.1) is 6.54 Å². The highest BCUT2D eigenvalue weighted by atomic mass is 35.5. The Morgan fingerprint density at radius 2 is 2.33 bits per heavy atom. The van der Waals surface area contributed by atoms with Crippen LogP contribution in [0.4, 0.5) is 0 Å². The lowest BCUT2D eigenvalue weighted by atomic mass is 10.1. The van der Waals surface area contributed by atoms with Crippen molar-refractivity contribution >= 4 is 28.7 Å². The molecule has 116 valence electrons. The number of fused-ring (bicyclic) bond motifs is 1. The molecule has 0 saturated carbocycles. The van der Waals surface area contributed by atoms with Gasteiger partial charge in [-0.05, 0) is 33.4 Å². The van der Waals surface area contributed by atoms with Crippen LogP contribution in [0, 0.1) is 6.92 Å². The van der Waals surface area contributed by atoms with E-state index in [1.807, 2.05) is 14.0 Å². The number of nitrogens with zero attached hydrogens (tertiary/aromatic N) is 4. The van der Waals surface area contributed by atoms with Crippen LogP contribution in [-0.4, -0.2) is 45.7 Å². The molecule has 1 fully saturated rings. The van der Waals surface area contributed by atoms with Gasteiger partial charge in [-0.3, -0.25) is 9.69 Å². The molecular formula is C13H20ClN5OS. The number of hydrogen-bond donors (Lipinski definition) is 1. The summed E-state index contributed by atoms with van der Waals surface area (Å²) in [6.07, 6.45) is 2.43. The second-order valence-corrected chi connectivity index (χ2v) is 6.33. The zero-order valence-electron chi connectivity index (χ0n) is 12.2. The van der Waals surface area contributed by atoms with Crippen molar-refractivity contribution in [1.29, 1.82) is 0 Å². The van der Waals surface area contributed by atoms with Crippen LogP contribution in [0.25, 0.3) is 4.96 Å². The molecule has 21 heavy (non-hydrogen) atoms. The SMILES string of the molecule is CNC1CCCN(Cc2nn3c(=O)cc(C)nc3s2)C1.Cl. The molecule has 0 bridgehead atoms. The Morgan fingerprint density at radius 1 is 1.52 bits per heavy atom. The highest BCUT2D eigenvalue weighted by molar-refractivity contribution is 7.16. The molecule has 0 spiro atoms. The Balaban J connectivity index is 0.00000161. The zero-order valence-corrected chi connectivity index (χ0v) is 13.8. The number of aromatic nitrogens is 3. The molecule has 8 heteroatoms. The molecule has 1 unspecified atom stereocenters. The van der Waals surface area contributed by atoms with Crippen molar-refractivity contribution < 1.29 is 0 Å². The first-order chi connectivity index (χ1) is 9.65. The summed E-state index contributed by atoms with van der Waals surface area (Å²) >= 11 is 1.51. The van der Waals surface area contributed by atoms with Crippen molar-refractivity contribution in [3.05, 3.63) is 27.1 Å². The summed E-state index contributed by atoms with van der Waals surface area (Å²) in [7, 11) is 2.01. The Kier molecular flexibility index (Phi) is 5.32. The Bertz CT molecular complexity index is 670. The van der Waals surface area contributed by atoms with E-state index in [2.05, 4.69) is 20.3 Å².